The summed E-state index contributed by atoms with van der Waals surface area (Å²) in [4.78, 5) is 22.5. The number of esters is 1. The van der Waals surface area contributed by atoms with E-state index in [1.807, 2.05) is 0 Å². The summed E-state index contributed by atoms with van der Waals surface area (Å²) in [6, 6.07) is 0. The number of rotatable bonds is 1. The van der Waals surface area contributed by atoms with Gasteiger partial charge in [0.2, 0.25) is 0 Å². The second-order valence-corrected chi connectivity index (χ2v) is 5.36. The van der Waals surface area contributed by atoms with Gasteiger partial charge in [0.25, 0.3) is 0 Å². The number of halogens is 1. The maximum absolute atomic E-state index is 11.4. The molecule has 3 rings (SSSR count). The zero-order chi connectivity index (χ0) is 10.0. The minimum absolute atomic E-state index is 0. The monoisotopic (exact) mass is 290 g/mol. The molecule has 1 saturated heterocycles. The van der Waals surface area contributed by atoms with E-state index in [-0.39, 0.29) is 52.0 Å². The van der Waals surface area contributed by atoms with Gasteiger partial charge in [-0.15, -0.1) is 0 Å². The van der Waals surface area contributed by atoms with Crippen LogP contribution in [-0.2, 0) is 14.3 Å². The molecular formula is C9H12AlBrO4. The molecule has 0 spiro atoms. The van der Waals surface area contributed by atoms with Crippen LogP contribution < -0.4 is 0 Å². The van der Waals surface area contributed by atoms with Crippen molar-refractivity contribution in [1.82, 2.24) is 0 Å². The molecule has 1 heterocycles. The Bertz CT molecular complexity index is 334. The van der Waals surface area contributed by atoms with Crippen LogP contribution in [0.1, 0.15) is 6.42 Å². The molecule has 1 N–H and O–H groups in total. The van der Waals surface area contributed by atoms with Gasteiger partial charge in [-0.05, 0) is 12.3 Å². The maximum atomic E-state index is 11.4. The molecule has 82 valence electrons. The van der Waals surface area contributed by atoms with Crippen LogP contribution in [0.3, 0.4) is 0 Å². The Balaban J connectivity index is 0.000000853. The van der Waals surface area contributed by atoms with E-state index in [4.69, 9.17) is 9.84 Å². The molecule has 0 aromatic heterocycles. The number of ether oxygens (including phenoxy) is 1. The minimum Gasteiger partial charge on any atom is -0.481 e. The van der Waals surface area contributed by atoms with Gasteiger partial charge < -0.3 is 9.84 Å². The smallest absolute Gasteiger partial charge is 0.310 e. The number of alkyl halides is 1. The molecule has 1 aliphatic heterocycles. The lowest BCUT2D eigenvalue weighted by molar-refractivity contribution is -0.151. The van der Waals surface area contributed by atoms with E-state index >= 15 is 0 Å². The molecule has 0 radical (unpaired) electrons. The second kappa shape index (κ2) is 3.48. The van der Waals surface area contributed by atoms with E-state index in [9.17, 15) is 9.59 Å². The molecule has 2 bridgehead atoms. The molecule has 0 amide bonds. The number of aliphatic carboxylic acids is 1. The largest absolute Gasteiger partial charge is 0.481 e. The van der Waals surface area contributed by atoms with Crippen LogP contribution >= 0.6 is 15.9 Å². The molecule has 0 aromatic carbocycles. The molecule has 3 aliphatic rings. The quantitative estimate of drug-likeness (QED) is 0.400. The van der Waals surface area contributed by atoms with Crippen molar-refractivity contribution in [3.05, 3.63) is 0 Å². The first-order valence-corrected chi connectivity index (χ1v) is 5.60. The van der Waals surface area contributed by atoms with Gasteiger partial charge in [0, 0.05) is 5.92 Å². The number of carbonyl (C=O) groups excluding carboxylic acids is 1. The number of hydrogen-bond acceptors (Lipinski definition) is 3. The Kier molecular flexibility index (Phi) is 2.65. The number of hydrogen-bond donors (Lipinski definition) is 1. The zero-order valence-corrected chi connectivity index (χ0v) is 8.81. The highest BCUT2D eigenvalue weighted by molar-refractivity contribution is 9.09. The standard InChI is InChI=1S/C9H9BrO4.Al.3H/c10-6-2-1-3-5(4(2)8(11)12)9(13)14-7(3)6;;;;/h2-7H,1H2,(H,11,12);;;;. The van der Waals surface area contributed by atoms with Crippen LogP contribution in [0.2, 0.25) is 0 Å². The van der Waals surface area contributed by atoms with Crippen LogP contribution in [0.15, 0.2) is 0 Å². The molecule has 6 unspecified atom stereocenters. The van der Waals surface area contributed by atoms with E-state index in [1.165, 1.54) is 0 Å². The van der Waals surface area contributed by atoms with Crippen molar-refractivity contribution in [2.24, 2.45) is 23.7 Å². The third kappa shape index (κ3) is 1.25. The number of fused-ring (bicyclic) bond motifs is 1. The van der Waals surface area contributed by atoms with Gasteiger partial charge in [0.05, 0.1) is 16.7 Å². The summed E-state index contributed by atoms with van der Waals surface area (Å²) in [6.45, 7) is 0. The van der Waals surface area contributed by atoms with Crippen molar-refractivity contribution in [3.8, 4) is 0 Å². The first-order valence-electron chi connectivity index (χ1n) is 4.68. The molecular weight excluding hydrogens is 279 g/mol. The zero-order valence-electron chi connectivity index (χ0n) is 7.22. The molecule has 3 fully saturated rings. The predicted octanol–water partition coefficient (Wildman–Crippen LogP) is -0.542. The molecule has 2 saturated carbocycles. The average Bonchev–Trinajstić information content (AvgIpc) is 2.67. The minimum atomic E-state index is -0.857. The maximum Gasteiger partial charge on any atom is 0.310 e. The van der Waals surface area contributed by atoms with Gasteiger partial charge in [0.1, 0.15) is 6.10 Å². The number of carboxylic acids is 1. The summed E-state index contributed by atoms with van der Waals surface area (Å²) in [6.07, 6.45) is 0.738. The number of carboxylic acid groups (broad SMARTS) is 1. The van der Waals surface area contributed by atoms with E-state index in [1.54, 1.807) is 0 Å². The van der Waals surface area contributed by atoms with Gasteiger partial charge in [-0.25, -0.2) is 0 Å². The van der Waals surface area contributed by atoms with Gasteiger partial charge in [-0.1, -0.05) is 15.9 Å². The Morgan fingerprint density at radius 1 is 1.47 bits per heavy atom. The van der Waals surface area contributed by atoms with Crippen molar-refractivity contribution < 1.29 is 19.4 Å². The van der Waals surface area contributed by atoms with Gasteiger partial charge in [-0.3, -0.25) is 9.59 Å². The first kappa shape index (κ1) is 11.4. The fourth-order valence-electron chi connectivity index (χ4n) is 3.31. The normalized spacial score (nSPS) is 50.1. The fourth-order valence-corrected chi connectivity index (χ4v) is 4.35. The van der Waals surface area contributed by atoms with E-state index in [2.05, 4.69) is 15.9 Å². The topological polar surface area (TPSA) is 63.6 Å². The first-order chi connectivity index (χ1) is 6.61. The van der Waals surface area contributed by atoms with Crippen molar-refractivity contribution in [2.45, 2.75) is 17.4 Å². The Morgan fingerprint density at radius 2 is 2.13 bits per heavy atom. The predicted molar refractivity (Wildman–Crippen MR) is 58.7 cm³/mol. The molecule has 0 aromatic rings. The molecule has 6 atom stereocenters. The van der Waals surface area contributed by atoms with E-state index < -0.39 is 11.9 Å². The van der Waals surface area contributed by atoms with Crippen LogP contribution in [0.25, 0.3) is 0 Å². The third-order valence-corrected chi connectivity index (χ3v) is 5.01. The van der Waals surface area contributed by atoms with Gasteiger partial charge in [-0.2, -0.15) is 0 Å². The Labute approximate surface area is 106 Å². The lowest BCUT2D eigenvalue weighted by atomic mass is 9.80. The average molecular weight is 291 g/mol. The fraction of sp³-hybridized carbons (Fsp3) is 0.778. The van der Waals surface area contributed by atoms with Gasteiger partial charge >= 0.3 is 11.9 Å². The van der Waals surface area contributed by atoms with E-state index in [0.29, 0.717) is 0 Å². The summed E-state index contributed by atoms with van der Waals surface area (Å²) in [5.74, 6) is -1.87. The summed E-state index contributed by atoms with van der Waals surface area (Å²) in [7, 11) is 0. The van der Waals surface area contributed by atoms with Crippen LogP contribution in [-0.4, -0.2) is 45.3 Å². The Hall–Kier alpha value is -0.0475. The summed E-state index contributed by atoms with van der Waals surface area (Å²) >= 11 is 3.44. The number of carbonyl (C=O) groups is 2. The molecule has 6 heteroatoms. The van der Waals surface area contributed by atoms with Crippen molar-refractivity contribution in [2.75, 3.05) is 0 Å². The highest BCUT2D eigenvalue weighted by Gasteiger charge is 2.67. The third-order valence-electron chi connectivity index (χ3n) is 3.81. The second-order valence-electron chi connectivity index (χ2n) is 4.30. The van der Waals surface area contributed by atoms with E-state index in [0.717, 1.165) is 6.42 Å². The summed E-state index contributed by atoms with van der Waals surface area (Å²) in [5.41, 5.74) is 0. The van der Waals surface area contributed by atoms with Crippen molar-refractivity contribution in [1.29, 1.82) is 0 Å². The highest BCUT2D eigenvalue weighted by atomic mass is 79.9. The van der Waals surface area contributed by atoms with Crippen molar-refractivity contribution in [3.63, 3.8) is 0 Å². The van der Waals surface area contributed by atoms with Crippen LogP contribution in [0.5, 0.6) is 0 Å². The summed E-state index contributed by atoms with van der Waals surface area (Å²) in [5, 5.41) is 9.06. The molecule has 2 aliphatic carbocycles. The highest BCUT2D eigenvalue weighted by Crippen LogP contribution is 2.59. The SMILES string of the molecule is O=C(O)C1C2CC3C(OC(=O)C31)C2Br.[AlH3]. The molecule has 4 nitrogen and oxygen atoms in total. The Morgan fingerprint density at radius 3 is 2.73 bits per heavy atom. The summed E-state index contributed by atoms with van der Waals surface area (Å²) < 4.78 is 5.18. The van der Waals surface area contributed by atoms with Crippen LogP contribution in [0.4, 0.5) is 0 Å². The van der Waals surface area contributed by atoms with Gasteiger partial charge in [0.15, 0.2) is 17.4 Å². The lowest BCUT2D eigenvalue weighted by Gasteiger charge is -2.25. The van der Waals surface area contributed by atoms with Crippen molar-refractivity contribution >= 4 is 45.2 Å². The lowest BCUT2D eigenvalue weighted by Crippen LogP contribution is -2.37. The molecule has 15 heavy (non-hydrogen) atoms. The van der Waals surface area contributed by atoms with Crippen LogP contribution in [0, 0.1) is 23.7 Å².